The Labute approximate surface area is 91.5 Å². The van der Waals surface area contributed by atoms with Gasteiger partial charge in [-0.05, 0) is 18.6 Å². The van der Waals surface area contributed by atoms with Crippen molar-refractivity contribution in [2.75, 3.05) is 0 Å². The number of nitrogens with two attached hydrogens (primary N) is 1. The molecule has 2 atom stereocenters. The molecule has 0 fully saturated rings. The Hall–Kier alpha value is -0.580. The number of carbonyl (C=O) groups is 1. The molecule has 0 bridgehead atoms. The van der Waals surface area contributed by atoms with E-state index in [0.29, 0.717) is 10.8 Å². The normalized spacial score (nSPS) is 15.1. The predicted octanol–water partition coefficient (Wildman–Crippen LogP) is 2.51. The third-order valence-corrected chi connectivity index (χ3v) is 3.45. The zero-order chi connectivity index (χ0) is 10.7. The monoisotopic (exact) mass is 233 g/mol. The molecule has 0 aliphatic heterocycles. The summed E-state index contributed by atoms with van der Waals surface area (Å²) < 4.78 is 0.635. The molecule has 0 aliphatic carbocycles. The predicted molar refractivity (Wildman–Crippen MR) is 57.7 cm³/mol. The Balaban J connectivity index is 2.82. The number of halogens is 1. The first-order chi connectivity index (χ1) is 6.56. The van der Waals surface area contributed by atoms with E-state index in [2.05, 4.69) is 0 Å². The lowest BCUT2D eigenvalue weighted by molar-refractivity contribution is -0.142. The van der Waals surface area contributed by atoms with Crippen molar-refractivity contribution < 1.29 is 9.90 Å². The van der Waals surface area contributed by atoms with Crippen molar-refractivity contribution in [2.45, 2.75) is 19.4 Å². The molecular weight excluding hydrogens is 222 g/mol. The van der Waals surface area contributed by atoms with Gasteiger partial charge in [0.25, 0.3) is 0 Å². The van der Waals surface area contributed by atoms with Gasteiger partial charge in [-0.3, -0.25) is 4.79 Å². The van der Waals surface area contributed by atoms with Gasteiger partial charge in [-0.25, -0.2) is 0 Å². The van der Waals surface area contributed by atoms with Gasteiger partial charge in [0.2, 0.25) is 0 Å². The molecule has 0 amide bonds. The Bertz CT molecular complexity index is 326. The highest BCUT2D eigenvalue weighted by molar-refractivity contribution is 7.16. The fraction of sp³-hybridized carbons (Fsp3) is 0.444. The Morgan fingerprint density at radius 1 is 1.71 bits per heavy atom. The molecule has 3 N–H and O–H groups in total. The van der Waals surface area contributed by atoms with E-state index < -0.39 is 17.9 Å². The molecule has 14 heavy (non-hydrogen) atoms. The minimum Gasteiger partial charge on any atom is -0.481 e. The minimum atomic E-state index is -0.857. The number of thiophene rings is 1. The molecule has 3 nitrogen and oxygen atoms in total. The van der Waals surface area contributed by atoms with Gasteiger partial charge in [0.1, 0.15) is 0 Å². The Kier molecular flexibility index (Phi) is 3.92. The quantitative estimate of drug-likeness (QED) is 0.840. The Morgan fingerprint density at radius 3 is 2.71 bits per heavy atom. The van der Waals surface area contributed by atoms with Gasteiger partial charge in [-0.15, -0.1) is 11.3 Å². The smallest absolute Gasteiger partial charge is 0.308 e. The second kappa shape index (κ2) is 4.77. The number of hydrogen-bond donors (Lipinski definition) is 2. The molecule has 0 saturated heterocycles. The molecule has 1 aromatic heterocycles. The summed E-state index contributed by atoms with van der Waals surface area (Å²) in [6.45, 7) is 1.81. The van der Waals surface area contributed by atoms with Crippen molar-refractivity contribution in [3.05, 3.63) is 21.3 Å². The van der Waals surface area contributed by atoms with Gasteiger partial charge in [-0.1, -0.05) is 18.5 Å². The van der Waals surface area contributed by atoms with Crippen LogP contribution in [0.5, 0.6) is 0 Å². The molecule has 1 rings (SSSR count). The van der Waals surface area contributed by atoms with Crippen molar-refractivity contribution in [3.63, 3.8) is 0 Å². The zero-order valence-electron chi connectivity index (χ0n) is 7.74. The molecule has 0 aromatic carbocycles. The molecule has 0 saturated carbocycles. The molecule has 2 unspecified atom stereocenters. The van der Waals surface area contributed by atoms with Gasteiger partial charge in [0.15, 0.2) is 0 Å². The molecule has 0 spiro atoms. The first-order valence-electron chi connectivity index (χ1n) is 4.30. The van der Waals surface area contributed by atoms with Crippen molar-refractivity contribution in [1.82, 2.24) is 0 Å². The number of aliphatic carboxylic acids is 1. The number of carboxylic acid groups (broad SMARTS) is 1. The maximum Gasteiger partial charge on any atom is 0.308 e. The van der Waals surface area contributed by atoms with Crippen LogP contribution in [0.1, 0.15) is 24.3 Å². The van der Waals surface area contributed by atoms with Gasteiger partial charge in [0.05, 0.1) is 16.3 Å². The summed E-state index contributed by atoms with van der Waals surface area (Å²) in [5.41, 5.74) is 5.83. The van der Waals surface area contributed by atoms with Crippen LogP contribution in [0.3, 0.4) is 0 Å². The van der Waals surface area contributed by atoms with E-state index in [1.54, 1.807) is 12.1 Å². The van der Waals surface area contributed by atoms with Crippen LogP contribution < -0.4 is 5.73 Å². The van der Waals surface area contributed by atoms with E-state index in [1.807, 2.05) is 6.92 Å². The van der Waals surface area contributed by atoms with Crippen LogP contribution >= 0.6 is 22.9 Å². The lowest BCUT2D eigenvalue weighted by Crippen LogP contribution is -2.26. The standard InChI is InChI=1S/C9H12ClNO2S/c1-2-5(9(12)13)8(11)6-3-4-7(10)14-6/h3-5,8H,2,11H2,1H3,(H,12,13). The summed E-state index contributed by atoms with van der Waals surface area (Å²) in [4.78, 5) is 11.7. The van der Waals surface area contributed by atoms with Gasteiger partial charge < -0.3 is 10.8 Å². The summed E-state index contributed by atoms with van der Waals surface area (Å²) in [6.07, 6.45) is 0.520. The number of rotatable bonds is 4. The van der Waals surface area contributed by atoms with E-state index in [9.17, 15) is 4.79 Å². The molecule has 78 valence electrons. The van der Waals surface area contributed by atoms with Crippen LogP contribution in [0, 0.1) is 5.92 Å². The average Bonchev–Trinajstić information content (AvgIpc) is 2.52. The van der Waals surface area contributed by atoms with E-state index in [0.717, 1.165) is 4.88 Å². The summed E-state index contributed by atoms with van der Waals surface area (Å²) >= 11 is 7.08. The SMILES string of the molecule is CCC(C(=O)O)C(N)c1ccc(Cl)s1. The first-order valence-corrected chi connectivity index (χ1v) is 5.49. The van der Waals surface area contributed by atoms with Crippen LogP contribution in [-0.4, -0.2) is 11.1 Å². The largest absolute Gasteiger partial charge is 0.481 e. The molecular formula is C9H12ClNO2S. The van der Waals surface area contributed by atoms with Crippen LogP contribution in [0.4, 0.5) is 0 Å². The maximum atomic E-state index is 10.8. The van der Waals surface area contributed by atoms with Gasteiger partial charge >= 0.3 is 5.97 Å². The van der Waals surface area contributed by atoms with Crippen LogP contribution in [0.25, 0.3) is 0 Å². The lowest BCUT2D eigenvalue weighted by Gasteiger charge is -2.16. The molecule has 0 aliphatic rings. The lowest BCUT2D eigenvalue weighted by atomic mass is 9.97. The van der Waals surface area contributed by atoms with E-state index in [4.69, 9.17) is 22.4 Å². The van der Waals surface area contributed by atoms with Crippen molar-refractivity contribution >= 4 is 28.9 Å². The molecule has 1 aromatic rings. The second-order valence-electron chi connectivity index (χ2n) is 3.02. The fourth-order valence-corrected chi connectivity index (χ4v) is 2.42. The first kappa shape index (κ1) is 11.5. The highest BCUT2D eigenvalue weighted by atomic mass is 35.5. The van der Waals surface area contributed by atoms with Crippen LogP contribution in [-0.2, 0) is 4.79 Å². The van der Waals surface area contributed by atoms with E-state index in [1.165, 1.54) is 11.3 Å². The van der Waals surface area contributed by atoms with Crippen molar-refractivity contribution in [3.8, 4) is 0 Å². The van der Waals surface area contributed by atoms with Crippen LogP contribution in [0.15, 0.2) is 12.1 Å². The van der Waals surface area contributed by atoms with Crippen molar-refractivity contribution in [2.24, 2.45) is 11.7 Å². The van der Waals surface area contributed by atoms with E-state index >= 15 is 0 Å². The van der Waals surface area contributed by atoms with Crippen molar-refractivity contribution in [1.29, 1.82) is 0 Å². The number of hydrogen-bond acceptors (Lipinski definition) is 3. The number of carboxylic acids is 1. The van der Waals surface area contributed by atoms with Crippen LogP contribution in [0.2, 0.25) is 4.34 Å². The maximum absolute atomic E-state index is 10.8. The van der Waals surface area contributed by atoms with Gasteiger partial charge in [-0.2, -0.15) is 0 Å². The Morgan fingerprint density at radius 2 is 2.36 bits per heavy atom. The third-order valence-electron chi connectivity index (χ3n) is 2.11. The summed E-state index contributed by atoms with van der Waals surface area (Å²) in [5, 5.41) is 8.90. The molecule has 0 radical (unpaired) electrons. The minimum absolute atomic E-state index is 0.463. The summed E-state index contributed by atoms with van der Waals surface area (Å²) in [7, 11) is 0. The average molecular weight is 234 g/mol. The van der Waals surface area contributed by atoms with E-state index in [-0.39, 0.29) is 0 Å². The third kappa shape index (κ3) is 2.47. The topological polar surface area (TPSA) is 63.3 Å². The highest BCUT2D eigenvalue weighted by Crippen LogP contribution is 2.30. The molecule has 5 heteroatoms. The summed E-state index contributed by atoms with van der Waals surface area (Å²) in [6, 6.07) is 3.05. The second-order valence-corrected chi connectivity index (χ2v) is 4.77. The molecule has 1 heterocycles. The fourth-order valence-electron chi connectivity index (χ4n) is 1.29. The zero-order valence-corrected chi connectivity index (χ0v) is 9.31. The summed E-state index contributed by atoms with van der Waals surface area (Å²) in [5.74, 6) is -1.39. The highest BCUT2D eigenvalue weighted by Gasteiger charge is 2.25. The van der Waals surface area contributed by atoms with Gasteiger partial charge in [0, 0.05) is 4.88 Å².